The van der Waals surface area contributed by atoms with E-state index in [0.717, 1.165) is 42.7 Å². The van der Waals surface area contributed by atoms with Crippen molar-refractivity contribution in [3.05, 3.63) is 29.6 Å². The number of H-pyrrole nitrogens is 1. The Morgan fingerprint density at radius 1 is 1.39 bits per heavy atom. The molecule has 3 N–H and O–H groups in total. The molecule has 1 unspecified atom stereocenters. The van der Waals surface area contributed by atoms with E-state index in [2.05, 4.69) is 33.0 Å². The first kappa shape index (κ1) is 16.4. The maximum absolute atomic E-state index is 11.8. The van der Waals surface area contributed by atoms with Gasteiger partial charge in [0, 0.05) is 25.6 Å². The Morgan fingerprint density at radius 2 is 2.17 bits per heavy atom. The number of imidazole rings is 1. The molecule has 1 aromatic heterocycles. The van der Waals surface area contributed by atoms with Gasteiger partial charge in [0.2, 0.25) is 10.0 Å². The second kappa shape index (κ2) is 6.59. The molecule has 1 atom stereocenters. The number of aromatic nitrogens is 2. The quantitative estimate of drug-likeness (QED) is 0.681. The van der Waals surface area contributed by atoms with E-state index >= 15 is 0 Å². The lowest BCUT2D eigenvalue weighted by molar-refractivity contribution is 0.524. The highest BCUT2D eigenvalue weighted by Crippen LogP contribution is 2.27. The Labute approximate surface area is 137 Å². The molecule has 0 spiro atoms. The van der Waals surface area contributed by atoms with Gasteiger partial charge in [-0.25, -0.2) is 18.1 Å². The van der Waals surface area contributed by atoms with Gasteiger partial charge in [-0.1, -0.05) is 12.1 Å². The number of para-hydroxylation sites is 1. The van der Waals surface area contributed by atoms with Crippen LogP contribution in [0.2, 0.25) is 0 Å². The van der Waals surface area contributed by atoms with Gasteiger partial charge < -0.3 is 10.3 Å². The third-order valence-corrected chi connectivity index (χ3v) is 6.09. The largest absolute Gasteiger partial charge is 0.342 e. The monoisotopic (exact) mass is 336 g/mol. The normalized spacial score (nSPS) is 16.8. The van der Waals surface area contributed by atoms with Crippen LogP contribution in [0.4, 0.5) is 0 Å². The van der Waals surface area contributed by atoms with Crippen LogP contribution in [-0.4, -0.2) is 42.8 Å². The van der Waals surface area contributed by atoms with Crippen molar-refractivity contribution in [3.8, 4) is 0 Å². The van der Waals surface area contributed by atoms with Gasteiger partial charge in [0.1, 0.15) is 5.82 Å². The number of fused-ring (bicyclic) bond motifs is 1. The van der Waals surface area contributed by atoms with Crippen LogP contribution in [-0.2, 0) is 16.4 Å². The summed E-state index contributed by atoms with van der Waals surface area (Å²) in [6.45, 7) is 5.22. The minimum atomic E-state index is -3.09. The summed E-state index contributed by atoms with van der Waals surface area (Å²) in [5.74, 6) is 0.951. The Hall–Kier alpha value is -1.44. The highest BCUT2D eigenvalue weighted by Gasteiger charge is 2.35. The van der Waals surface area contributed by atoms with Crippen LogP contribution in [0.3, 0.4) is 0 Å². The summed E-state index contributed by atoms with van der Waals surface area (Å²) in [6, 6.07) is 6.20. The van der Waals surface area contributed by atoms with Gasteiger partial charge in [-0.2, -0.15) is 0 Å². The molecule has 7 heteroatoms. The van der Waals surface area contributed by atoms with Crippen molar-refractivity contribution < 1.29 is 8.42 Å². The fourth-order valence-electron chi connectivity index (χ4n) is 2.59. The molecule has 1 aliphatic carbocycles. The topological polar surface area (TPSA) is 86.9 Å². The first-order valence-corrected chi connectivity index (χ1v) is 9.66. The summed E-state index contributed by atoms with van der Waals surface area (Å²) < 4.78 is 26.2. The second-order valence-electron chi connectivity index (χ2n) is 6.35. The third-order valence-electron chi connectivity index (χ3n) is 4.17. The van der Waals surface area contributed by atoms with Crippen LogP contribution in [0.15, 0.2) is 18.2 Å². The van der Waals surface area contributed by atoms with E-state index < -0.39 is 10.0 Å². The summed E-state index contributed by atoms with van der Waals surface area (Å²) in [7, 11) is -3.09. The fourth-order valence-corrected chi connectivity index (χ4v) is 4.07. The number of nitrogens with zero attached hydrogens (tertiary/aromatic N) is 1. The predicted octanol–water partition coefficient (Wildman–Crippen LogP) is 1.47. The van der Waals surface area contributed by atoms with Gasteiger partial charge in [0.15, 0.2) is 0 Å². The molecule has 1 aromatic carbocycles. The summed E-state index contributed by atoms with van der Waals surface area (Å²) >= 11 is 0. The number of aryl methyl sites for hydroxylation is 1. The van der Waals surface area contributed by atoms with Gasteiger partial charge in [0.25, 0.3) is 0 Å². The lowest BCUT2D eigenvalue weighted by Gasteiger charge is -2.14. The first-order chi connectivity index (χ1) is 11.0. The van der Waals surface area contributed by atoms with Crippen LogP contribution in [0.25, 0.3) is 11.0 Å². The smallest absolute Gasteiger partial charge is 0.214 e. The number of rotatable bonds is 8. The molecule has 1 heterocycles. The Bertz CT molecular complexity index is 780. The summed E-state index contributed by atoms with van der Waals surface area (Å²) in [5, 5.41) is 3.18. The SMILES string of the molecule is Cc1cccc2[nH]c(CCNC(C)CNS(=O)(=O)C3CC3)nc12. The molecule has 0 amide bonds. The van der Waals surface area contributed by atoms with Gasteiger partial charge >= 0.3 is 0 Å². The van der Waals surface area contributed by atoms with Crippen molar-refractivity contribution in [2.24, 2.45) is 0 Å². The molecule has 1 fully saturated rings. The van der Waals surface area contributed by atoms with E-state index in [1.807, 2.05) is 19.1 Å². The summed E-state index contributed by atoms with van der Waals surface area (Å²) in [4.78, 5) is 7.95. The van der Waals surface area contributed by atoms with Crippen LogP contribution in [0, 0.1) is 6.92 Å². The molecule has 2 aromatic rings. The summed E-state index contributed by atoms with van der Waals surface area (Å²) in [6.07, 6.45) is 2.37. The van der Waals surface area contributed by atoms with Crippen molar-refractivity contribution >= 4 is 21.1 Å². The van der Waals surface area contributed by atoms with Crippen molar-refractivity contribution in [2.75, 3.05) is 13.1 Å². The van der Waals surface area contributed by atoms with Crippen LogP contribution in [0.1, 0.15) is 31.2 Å². The van der Waals surface area contributed by atoms with Crippen molar-refractivity contribution in [1.29, 1.82) is 0 Å². The highest BCUT2D eigenvalue weighted by atomic mass is 32.2. The lowest BCUT2D eigenvalue weighted by Crippen LogP contribution is -2.40. The Morgan fingerprint density at radius 3 is 2.87 bits per heavy atom. The highest BCUT2D eigenvalue weighted by molar-refractivity contribution is 7.90. The molecular formula is C16H24N4O2S. The molecule has 126 valence electrons. The van der Waals surface area contributed by atoms with Crippen molar-refractivity contribution in [2.45, 2.75) is 44.4 Å². The minimum Gasteiger partial charge on any atom is -0.342 e. The average Bonchev–Trinajstić information content (AvgIpc) is 3.28. The zero-order chi connectivity index (χ0) is 16.4. The number of sulfonamides is 1. The molecule has 0 bridgehead atoms. The molecule has 6 nitrogen and oxygen atoms in total. The number of aromatic amines is 1. The first-order valence-electron chi connectivity index (χ1n) is 8.12. The van der Waals surface area contributed by atoms with Crippen molar-refractivity contribution in [1.82, 2.24) is 20.0 Å². The fraction of sp³-hybridized carbons (Fsp3) is 0.562. The molecule has 0 radical (unpaired) electrons. The molecule has 23 heavy (non-hydrogen) atoms. The van der Waals surface area contributed by atoms with Crippen molar-refractivity contribution in [3.63, 3.8) is 0 Å². The second-order valence-corrected chi connectivity index (χ2v) is 8.40. The zero-order valence-electron chi connectivity index (χ0n) is 13.6. The van der Waals surface area contributed by atoms with E-state index in [1.165, 1.54) is 5.56 Å². The lowest BCUT2D eigenvalue weighted by atomic mass is 10.2. The van der Waals surface area contributed by atoms with E-state index in [4.69, 9.17) is 0 Å². The minimum absolute atomic E-state index is 0.0923. The molecule has 1 saturated carbocycles. The van der Waals surface area contributed by atoms with E-state index in [0.29, 0.717) is 6.54 Å². The number of hydrogen-bond acceptors (Lipinski definition) is 4. The third kappa shape index (κ3) is 4.10. The van der Waals surface area contributed by atoms with Gasteiger partial charge in [-0.3, -0.25) is 0 Å². The predicted molar refractivity (Wildman–Crippen MR) is 91.9 cm³/mol. The number of nitrogens with one attached hydrogen (secondary N) is 3. The van der Waals surface area contributed by atoms with Crippen LogP contribution in [0.5, 0.6) is 0 Å². The average molecular weight is 336 g/mol. The van der Waals surface area contributed by atoms with Gasteiger partial charge in [0.05, 0.1) is 16.3 Å². The maximum Gasteiger partial charge on any atom is 0.214 e. The summed E-state index contributed by atoms with van der Waals surface area (Å²) in [5.41, 5.74) is 3.25. The molecule has 0 saturated heterocycles. The molecule has 0 aliphatic heterocycles. The Balaban J connectivity index is 1.45. The Kier molecular flexibility index (Phi) is 4.70. The number of benzene rings is 1. The number of hydrogen-bond donors (Lipinski definition) is 3. The van der Waals surface area contributed by atoms with E-state index in [9.17, 15) is 8.42 Å². The molecule has 3 rings (SSSR count). The van der Waals surface area contributed by atoms with Crippen LogP contribution >= 0.6 is 0 Å². The van der Waals surface area contributed by atoms with Crippen LogP contribution < -0.4 is 10.0 Å². The molecule has 1 aliphatic rings. The molecular weight excluding hydrogens is 312 g/mol. The van der Waals surface area contributed by atoms with E-state index in [1.54, 1.807) is 0 Å². The van der Waals surface area contributed by atoms with Gasteiger partial charge in [-0.15, -0.1) is 0 Å². The maximum atomic E-state index is 11.8. The van der Waals surface area contributed by atoms with E-state index in [-0.39, 0.29) is 11.3 Å². The standard InChI is InChI=1S/C16H24N4O2S/c1-11-4-3-5-14-16(11)20-15(19-14)8-9-17-12(2)10-18-23(21,22)13-6-7-13/h3-5,12-13,17-18H,6-10H2,1-2H3,(H,19,20). The zero-order valence-corrected chi connectivity index (χ0v) is 14.4. The van der Waals surface area contributed by atoms with Gasteiger partial charge in [-0.05, 0) is 38.3 Å².